The SMILES string of the molecule is C=C(C)CCNCC1CCCCC1C. The minimum atomic E-state index is 0.925. The lowest BCUT2D eigenvalue weighted by atomic mass is 9.80. The van der Waals surface area contributed by atoms with Crippen LogP contribution in [0, 0.1) is 11.8 Å². The molecule has 1 saturated carbocycles. The van der Waals surface area contributed by atoms with Crippen molar-refractivity contribution in [2.24, 2.45) is 11.8 Å². The molecular weight excluding hydrogens is 170 g/mol. The molecule has 0 spiro atoms. The van der Waals surface area contributed by atoms with Crippen molar-refractivity contribution < 1.29 is 0 Å². The molecule has 1 rings (SSSR count). The molecule has 0 heterocycles. The van der Waals surface area contributed by atoms with Crippen LogP contribution in [0.15, 0.2) is 12.2 Å². The van der Waals surface area contributed by atoms with Gasteiger partial charge in [-0.3, -0.25) is 0 Å². The first kappa shape index (κ1) is 11.8. The third kappa shape index (κ3) is 4.28. The van der Waals surface area contributed by atoms with E-state index >= 15 is 0 Å². The molecule has 0 bridgehead atoms. The maximum absolute atomic E-state index is 3.91. The van der Waals surface area contributed by atoms with Crippen LogP contribution in [0.1, 0.15) is 46.0 Å². The molecule has 0 saturated heterocycles. The fourth-order valence-electron chi connectivity index (χ4n) is 2.29. The Hall–Kier alpha value is -0.300. The van der Waals surface area contributed by atoms with Crippen molar-refractivity contribution in [3.63, 3.8) is 0 Å². The van der Waals surface area contributed by atoms with E-state index in [1.165, 1.54) is 37.8 Å². The smallest absolute Gasteiger partial charge is 0.00117 e. The first-order chi connectivity index (χ1) is 6.70. The van der Waals surface area contributed by atoms with E-state index in [1.807, 2.05) is 0 Å². The van der Waals surface area contributed by atoms with E-state index in [-0.39, 0.29) is 0 Å². The Bertz CT molecular complexity index is 174. The second kappa shape index (κ2) is 6.23. The van der Waals surface area contributed by atoms with E-state index in [0.717, 1.165) is 24.8 Å². The fourth-order valence-corrected chi connectivity index (χ4v) is 2.29. The van der Waals surface area contributed by atoms with Crippen LogP contribution in [0.5, 0.6) is 0 Å². The minimum absolute atomic E-state index is 0.925. The van der Waals surface area contributed by atoms with Gasteiger partial charge in [-0.1, -0.05) is 31.8 Å². The predicted octanol–water partition coefficient (Wildman–Crippen LogP) is 3.37. The molecule has 0 aromatic carbocycles. The lowest BCUT2D eigenvalue weighted by molar-refractivity contribution is 0.248. The van der Waals surface area contributed by atoms with Crippen LogP contribution in [-0.2, 0) is 0 Å². The van der Waals surface area contributed by atoms with Crippen molar-refractivity contribution in [2.45, 2.75) is 46.0 Å². The highest BCUT2D eigenvalue weighted by molar-refractivity contribution is 4.88. The van der Waals surface area contributed by atoms with E-state index in [0.29, 0.717) is 0 Å². The Balaban J connectivity index is 2.07. The number of rotatable bonds is 5. The van der Waals surface area contributed by atoms with Crippen molar-refractivity contribution in [2.75, 3.05) is 13.1 Å². The van der Waals surface area contributed by atoms with Gasteiger partial charge in [-0.05, 0) is 44.7 Å². The van der Waals surface area contributed by atoms with Gasteiger partial charge in [-0.15, -0.1) is 6.58 Å². The van der Waals surface area contributed by atoms with Gasteiger partial charge < -0.3 is 5.32 Å². The van der Waals surface area contributed by atoms with Crippen molar-refractivity contribution in [3.05, 3.63) is 12.2 Å². The van der Waals surface area contributed by atoms with Crippen molar-refractivity contribution in [3.8, 4) is 0 Å². The summed E-state index contributed by atoms with van der Waals surface area (Å²) in [6.45, 7) is 10.7. The Kier molecular flexibility index (Phi) is 5.24. The Morgan fingerprint density at radius 1 is 1.36 bits per heavy atom. The highest BCUT2D eigenvalue weighted by Gasteiger charge is 2.20. The Labute approximate surface area is 89.0 Å². The summed E-state index contributed by atoms with van der Waals surface area (Å²) in [6.07, 6.45) is 6.88. The number of hydrogen-bond donors (Lipinski definition) is 1. The molecule has 1 N–H and O–H groups in total. The Morgan fingerprint density at radius 2 is 2.07 bits per heavy atom. The van der Waals surface area contributed by atoms with Gasteiger partial charge >= 0.3 is 0 Å². The van der Waals surface area contributed by atoms with Crippen LogP contribution in [0.3, 0.4) is 0 Å². The molecule has 14 heavy (non-hydrogen) atoms. The zero-order valence-corrected chi connectivity index (χ0v) is 9.81. The maximum Gasteiger partial charge on any atom is -0.00117 e. The van der Waals surface area contributed by atoms with E-state index in [1.54, 1.807) is 0 Å². The molecule has 0 radical (unpaired) electrons. The summed E-state index contributed by atoms with van der Waals surface area (Å²) >= 11 is 0. The highest BCUT2D eigenvalue weighted by Crippen LogP contribution is 2.28. The Morgan fingerprint density at radius 3 is 2.71 bits per heavy atom. The number of hydrogen-bond acceptors (Lipinski definition) is 1. The van der Waals surface area contributed by atoms with Crippen LogP contribution >= 0.6 is 0 Å². The first-order valence-electron chi connectivity index (χ1n) is 6.05. The largest absolute Gasteiger partial charge is 0.316 e. The topological polar surface area (TPSA) is 12.0 Å². The van der Waals surface area contributed by atoms with E-state index in [9.17, 15) is 0 Å². The molecule has 82 valence electrons. The summed E-state index contributed by atoms with van der Waals surface area (Å²) in [5, 5.41) is 3.56. The van der Waals surface area contributed by atoms with Gasteiger partial charge in [-0.2, -0.15) is 0 Å². The molecule has 0 aliphatic heterocycles. The normalized spacial score (nSPS) is 27.6. The second-order valence-corrected chi connectivity index (χ2v) is 4.93. The molecule has 1 fully saturated rings. The molecule has 1 aliphatic rings. The second-order valence-electron chi connectivity index (χ2n) is 4.93. The molecule has 1 nitrogen and oxygen atoms in total. The van der Waals surface area contributed by atoms with Crippen molar-refractivity contribution in [1.82, 2.24) is 5.32 Å². The standard InChI is InChI=1S/C13H25N/c1-11(2)8-9-14-10-13-7-5-4-6-12(13)3/h12-14H,1,4-10H2,2-3H3. The summed E-state index contributed by atoms with van der Waals surface area (Å²) in [5.74, 6) is 1.86. The van der Waals surface area contributed by atoms with Gasteiger partial charge in [0, 0.05) is 0 Å². The fraction of sp³-hybridized carbons (Fsp3) is 0.846. The zero-order valence-electron chi connectivity index (χ0n) is 9.81. The quantitative estimate of drug-likeness (QED) is 0.524. The third-order valence-electron chi connectivity index (χ3n) is 3.42. The van der Waals surface area contributed by atoms with Gasteiger partial charge in [0.15, 0.2) is 0 Å². The van der Waals surface area contributed by atoms with Crippen LogP contribution in [0.25, 0.3) is 0 Å². The summed E-state index contributed by atoms with van der Waals surface area (Å²) in [7, 11) is 0. The summed E-state index contributed by atoms with van der Waals surface area (Å²) in [5.41, 5.74) is 1.29. The molecule has 2 unspecified atom stereocenters. The van der Waals surface area contributed by atoms with Crippen molar-refractivity contribution >= 4 is 0 Å². The molecule has 0 aromatic heterocycles. The predicted molar refractivity (Wildman–Crippen MR) is 63.4 cm³/mol. The first-order valence-corrected chi connectivity index (χ1v) is 6.05. The minimum Gasteiger partial charge on any atom is -0.316 e. The van der Waals surface area contributed by atoms with Crippen LogP contribution in [0.2, 0.25) is 0 Å². The van der Waals surface area contributed by atoms with E-state index in [2.05, 4.69) is 25.7 Å². The van der Waals surface area contributed by atoms with Gasteiger partial charge in [0.25, 0.3) is 0 Å². The molecular formula is C13H25N. The summed E-state index contributed by atoms with van der Waals surface area (Å²) in [4.78, 5) is 0. The maximum atomic E-state index is 3.91. The lowest BCUT2D eigenvalue weighted by Crippen LogP contribution is -2.29. The van der Waals surface area contributed by atoms with Gasteiger partial charge in [0.2, 0.25) is 0 Å². The average Bonchev–Trinajstić information content (AvgIpc) is 2.15. The third-order valence-corrected chi connectivity index (χ3v) is 3.42. The average molecular weight is 195 g/mol. The monoisotopic (exact) mass is 195 g/mol. The van der Waals surface area contributed by atoms with Crippen LogP contribution < -0.4 is 5.32 Å². The van der Waals surface area contributed by atoms with Gasteiger partial charge in [0.1, 0.15) is 0 Å². The molecule has 1 aliphatic carbocycles. The van der Waals surface area contributed by atoms with Crippen molar-refractivity contribution in [1.29, 1.82) is 0 Å². The van der Waals surface area contributed by atoms with Crippen LogP contribution in [-0.4, -0.2) is 13.1 Å². The number of nitrogens with one attached hydrogen (secondary N) is 1. The van der Waals surface area contributed by atoms with Gasteiger partial charge in [0.05, 0.1) is 0 Å². The molecule has 2 atom stereocenters. The van der Waals surface area contributed by atoms with E-state index < -0.39 is 0 Å². The zero-order chi connectivity index (χ0) is 10.4. The lowest BCUT2D eigenvalue weighted by Gasteiger charge is -2.28. The molecule has 0 amide bonds. The van der Waals surface area contributed by atoms with E-state index in [4.69, 9.17) is 0 Å². The van der Waals surface area contributed by atoms with Gasteiger partial charge in [-0.25, -0.2) is 0 Å². The molecule has 1 heteroatoms. The summed E-state index contributed by atoms with van der Waals surface area (Å²) < 4.78 is 0. The van der Waals surface area contributed by atoms with Crippen LogP contribution in [0.4, 0.5) is 0 Å². The molecule has 0 aromatic rings. The summed E-state index contributed by atoms with van der Waals surface area (Å²) in [6, 6.07) is 0. The highest BCUT2D eigenvalue weighted by atomic mass is 14.9.